The van der Waals surface area contributed by atoms with Crippen molar-refractivity contribution in [1.82, 2.24) is 10.2 Å². The molecule has 0 fully saturated rings. The number of nitrogens with zero attached hydrogens (tertiary/aromatic N) is 1. The van der Waals surface area contributed by atoms with Gasteiger partial charge in [0.2, 0.25) is 11.8 Å². The van der Waals surface area contributed by atoms with E-state index in [1.807, 2.05) is 30.5 Å². The second-order valence-corrected chi connectivity index (χ2v) is 7.93. The van der Waals surface area contributed by atoms with Crippen molar-refractivity contribution >= 4 is 29.3 Å². The van der Waals surface area contributed by atoms with E-state index in [9.17, 15) is 9.59 Å². The molecule has 0 saturated carbocycles. The quantitative estimate of drug-likeness (QED) is 0.707. The van der Waals surface area contributed by atoms with Crippen molar-refractivity contribution in [3.05, 3.63) is 24.3 Å². The fourth-order valence-corrected chi connectivity index (χ4v) is 2.67. The molecule has 0 radical (unpaired) electrons. The van der Waals surface area contributed by atoms with E-state index in [-0.39, 0.29) is 30.3 Å². The van der Waals surface area contributed by atoms with Crippen molar-refractivity contribution in [3.63, 3.8) is 0 Å². The highest BCUT2D eigenvalue weighted by molar-refractivity contribution is 7.98. The summed E-state index contributed by atoms with van der Waals surface area (Å²) in [6, 6.07) is 7.67. The molecular weight excluding hydrogens is 322 g/mol. The number of para-hydroxylation sites is 1. The lowest BCUT2D eigenvalue weighted by Gasteiger charge is -2.19. The Morgan fingerprint density at radius 1 is 1.12 bits per heavy atom. The second kappa shape index (κ2) is 9.69. The lowest BCUT2D eigenvalue weighted by Crippen LogP contribution is -2.39. The second-order valence-electron chi connectivity index (χ2n) is 7.08. The average Bonchev–Trinajstić information content (AvgIpc) is 2.45. The molecule has 134 valence electrons. The number of likely N-dealkylation sites (N-methyl/N-ethyl adjacent to an activating group) is 1. The Morgan fingerprint density at radius 3 is 2.38 bits per heavy atom. The molecule has 0 heterocycles. The van der Waals surface area contributed by atoms with Crippen molar-refractivity contribution in [1.29, 1.82) is 0 Å². The number of anilines is 1. The molecule has 0 unspecified atom stereocenters. The van der Waals surface area contributed by atoms with Gasteiger partial charge in [0.1, 0.15) is 0 Å². The zero-order valence-corrected chi connectivity index (χ0v) is 16.1. The molecule has 2 amide bonds. The van der Waals surface area contributed by atoms with Gasteiger partial charge in [0.25, 0.3) is 0 Å². The molecule has 0 bridgehead atoms. The van der Waals surface area contributed by atoms with E-state index < -0.39 is 0 Å². The Balaban J connectivity index is 2.37. The van der Waals surface area contributed by atoms with Crippen molar-refractivity contribution in [2.24, 2.45) is 5.41 Å². The van der Waals surface area contributed by atoms with Crippen LogP contribution in [0.4, 0.5) is 5.69 Å². The van der Waals surface area contributed by atoms with E-state index in [1.165, 1.54) is 0 Å². The van der Waals surface area contributed by atoms with Crippen LogP contribution in [-0.2, 0) is 9.59 Å². The molecular formula is C18H29N3O2S. The van der Waals surface area contributed by atoms with Gasteiger partial charge in [0, 0.05) is 11.4 Å². The van der Waals surface area contributed by atoms with Gasteiger partial charge in [-0.05, 0) is 37.3 Å². The van der Waals surface area contributed by atoms with Gasteiger partial charge < -0.3 is 10.6 Å². The Kier molecular flexibility index (Phi) is 8.28. The van der Waals surface area contributed by atoms with E-state index in [4.69, 9.17) is 0 Å². The largest absolute Gasteiger partial charge is 0.355 e. The molecule has 0 spiro atoms. The first kappa shape index (κ1) is 20.5. The number of amides is 2. The molecule has 0 aliphatic rings. The van der Waals surface area contributed by atoms with Gasteiger partial charge in [-0.1, -0.05) is 32.9 Å². The SMILES string of the molecule is CSc1ccccc1NC(=O)CN(C)CC(=O)NCCC(C)(C)C. The molecule has 1 aromatic carbocycles. The maximum atomic E-state index is 12.1. The predicted molar refractivity (Wildman–Crippen MR) is 101 cm³/mol. The summed E-state index contributed by atoms with van der Waals surface area (Å²) in [5.41, 5.74) is 1.00. The number of thioether (sulfide) groups is 1. The molecule has 1 rings (SSSR count). The third kappa shape index (κ3) is 8.36. The number of carbonyl (C=O) groups is 2. The molecule has 1 aromatic rings. The van der Waals surface area contributed by atoms with E-state index in [0.717, 1.165) is 17.0 Å². The summed E-state index contributed by atoms with van der Waals surface area (Å²) < 4.78 is 0. The predicted octanol–water partition coefficient (Wildman–Crippen LogP) is 2.83. The number of benzene rings is 1. The van der Waals surface area contributed by atoms with Gasteiger partial charge in [-0.25, -0.2) is 0 Å². The van der Waals surface area contributed by atoms with Crippen molar-refractivity contribution in [2.75, 3.05) is 38.3 Å². The Hall–Kier alpha value is -1.53. The highest BCUT2D eigenvalue weighted by atomic mass is 32.2. The van der Waals surface area contributed by atoms with Crippen LogP contribution in [-0.4, -0.2) is 49.7 Å². The first-order valence-electron chi connectivity index (χ1n) is 8.09. The number of rotatable bonds is 8. The molecule has 0 aliphatic heterocycles. The van der Waals surface area contributed by atoms with E-state index in [0.29, 0.717) is 6.54 Å². The van der Waals surface area contributed by atoms with Gasteiger partial charge in [0.15, 0.2) is 0 Å². The molecule has 2 N–H and O–H groups in total. The first-order valence-corrected chi connectivity index (χ1v) is 9.32. The van der Waals surface area contributed by atoms with Crippen LogP contribution in [0.15, 0.2) is 29.2 Å². The maximum absolute atomic E-state index is 12.1. The van der Waals surface area contributed by atoms with Crippen LogP contribution in [0.3, 0.4) is 0 Å². The number of carbonyl (C=O) groups excluding carboxylic acids is 2. The highest BCUT2D eigenvalue weighted by Gasteiger charge is 2.13. The van der Waals surface area contributed by atoms with Crippen LogP contribution in [0.5, 0.6) is 0 Å². The Labute approximate surface area is 149 Å². The summed E-state index contributed by atoms with van der Waals surface area (Å²) in [4.78, 5) is 26.7. The average molecular weight is 352 g/mol. The van der Waals surface area contributed by atoms with Crippen LogP contribution in [0.25, 0.3) is 0 Å². The van der Waals surface area contributed by atoms with Crippen LogP contribution >= 0.6 is 11.8 Å². The molecule has 5 nitrogen and oxygen atoms in total. The molecule has 24 heavy (non-hydrogen) atoms. The van der Waals surface area contributed by atoms with Gasteiger partial charge in [-0.3, -0.25) is 14.5 Å². The Bertz CT molecular complexity index is 555. The van der Waals surface area contributed by atoms with Gasteiger partial charge >= 0.3 is 0 Å². The summed E-state index contributed by atoms with van der Waals surface area (Å²) in [6.45, 7) is 7.47. The standard InChI is InChI=1S/C18H29N3O2S/c1-18(2,3)10-11-19-16(22)12-21(4)13-17(23)20-14-8-6-7-9-15(14)24-5/h6-9H,10-13H2,1-5H3,(H,19,22)(H,20,23). The highest BCUT2D eigenvalue weighted by Crippen LogP contribution is 2.24. The first-order chi connectivity index (χ1) is 11.2. The lowest BCUT2D eigenvalue weighted by atomic mass is 9.92. The third-order valence-corrected chi connectivity index (χ3v) is 4.20. The van der Waals surface area contributed by atoms with Crippen molar-refractivity contribution in [3.8, 4) is 0 Å². The summed E-state index contributed by atoms with van der Waals surface area (Å²) >= 11 is 1.59. The van der Waals surface area contributed by atoms with Crippen LogP contribution in [0, 0.1) is 5.41 Å². The summed E-state index contributed by atoms with van der Waals surface area (Å²) in [6.07, 6.45) is 2.90. The third-order valence-electron chi connectivity index (χ3n) is 3.41. The van der Waals surface area contributed by atoms with E-state index in [1.54, 1.807) is 23.7 Å². The van der Waals surface area contributed by atoms with Gasteiger partial charge in [0.05, 0.1) is 18.8 Å². The smallest absolute Gasteiger partial charge is 0.238 e. The van der Waals surface area contributed by atoms with E-state index in [2.05, 4.69) is 31.4 Å². The zero-order valence-electron chi connectivity index (χ0n) is 15.3. The maximum Gasteiger partial charge on any atom is 0.238 e. The fraction of sp³-hybridized carbons (Fsp3) is 0.556. The lowest BCUT2D eigenvalue weighted by molar-refractivity contribution is -0.123. The van der Waals surface area contributed by atoms with Crippen LogP contribution in [0.1, 0.15) is 27.2 Å². The minimum Gasteiger partial charge on any atom is -0.355 e. The summed E-state index contributed by atoms with van der Waals surface area (Å²) in [5, 5.41) is 5.79. The minimum atomic E-state index is -0.124. The summed E-state index contributed by atoms with van der Waals surface area (Å²) in [7, 11) is 1.77. The topological polar surface area (TPSA) is 61.4 Å². The normalized spacial score (nSPS) is 11.4. The molecule has 0 aliphatic carbocycles. The molecule has 6 heteroatoms. The van der Waals surface area contributed by atoms with Crippen molar-refractivity contribution < 1.29 is 9.59 Å². The van der Waals surface area contributed by atoms with Gasteiger partial charge in [-0.2, -0.15) is 0 Å². The molecule has 0 aromatic heterocycles. The number of hydrogen-bond acceptors (Lipinski definition) is 4. The van der Waals surface area contributed by atoms with Crippen molar-refractivity contribution in [2.45, 2.75) is 32.1 Å². The monoisotopic (exact) mass is 351 g/mol. The molecule has 0 saturated heterocycles. The van der Waals surface area contributed by atoms with E-state index >= 15 is 0 Å². The van der Waals surface area contributed by atoms with Crippen LogP contribution < -0.4 is 10.6 Å². The minimum absolute atomic E-state index is 0.0564. The summed E-state index contributed by atoms with van der Waals surface area (Å²) in [5.74, 6) is -0.180. The molecule has 0 atom stereocenters. The zero-order chi connectivity index (χ0) is 18.2. The van der Waals surface area contributed by atoms with Crippen LogP contribution in [0.2, 0.25) is 0 Å². The number of nitrogens with one attached hydrogen (secondary N) is 2. The number of hydrogen-bond donors (Lipinski definition) is 2. The fourth-order valence-electron chi connectivity index (χ4n) is 2.12. The van der Waals surface area contributed by atoms with Gasteiger partial charge in [-0.15, -0.1) is 11.8 Å². The Morgan fingerprint density at radius 2 is 1.75 bits per heavy atom.